The molecule has 23 nitrogen and oxygen atoms in total. The van der Waals surface area contributed by atoms with Gasteiger partial charge in [-0.1, -0.05) is 249 Å². The molecule has 14 rings (SSSR count). The van der Waals surface area contributed by atoms with E-state index in [1.165, 1.54) is 11.1 Å². The number of hydrogen-bond acceptors (Lipinski definition) is 22. The molecule has 33 heteroatoms. The Morgan fingerprint density at radius 1 is 0.489 bits per heavy atom. The van der Waals surface area contributed by atoms with Gasteiger partial charge < -0.3 is 81.3 Å². The number of hydrogen-bond donors (Lipinski definition) is 2. The minimum atomic E-state index is -5.01. The van der Waals surface area contributed by atoms with E-state index in [0.717, 1.165) is 158 Å². The van der Waals surface area contributed by atoms with Crippen molar-refractivity contribution >= 4 is 118 Å². The Kier molecular flexibility index (Phi) is 44.6. The van der Waals surface area contributed by atoms with Crippen LogP contribution in [0.3, 0.4) is 0 Å². The van der Waals surface area contributed by atoms with Gasteiger partial charge in [0.05, 0.1) is 117 Å². The van der Waals surface area contributed by atoms with Gasteiger partial charge in [-0.3, -0.25) is 18.4 Å². The molecule has 0 radical (unpaired) electrons. The molecule has 0 aromatic heterocycles. The number of alkyl halides is 6. The van der Waals surface area contributed by atoms with Crippen LogP contribution in [-0.4, -0.2) is 196 Å². The molecule has 16 bridgehead atoms. The van der Waals surface area contributed by atoms with Crippen molar-refractivity contribution in [2.75, 3.05) is 39.2 Å². The second kappa shape index (κ2) is 54.6. The van der Waals surface area contributed by atoms with Crippen LogP contribution in [0, 0.1) is 35.5 Å². The molecule has 3 aromatic carbocycles. The summed E-state index contributed by atoms with van der Waals surface area (Å²) in [4.78, 5) is 47.2. The van der Waals surface area contributed by atoms with E-state index < -0.39 is 70.3 Å². The van der Waals surface area contributed by atoms with Gasteiger partial charge in [0, 0.05) is 90.0 Å². The number of aldehydes is 1. The highest BCUT2D eigenvalue weighted by atomic mass is 127. The Balaban J connectivity index is 0.000000184. The van der Waals surface area contributed by atoms with Crippen LogP contribution in [0.1, 0.15) is 230 Å². The van der Waals surface area contributed by atoms with Crippen molar-refractivity contribution in [3.05, 3.63) is 214 Å². The number of esters is 2. The van der Waals surface area contributed by atoms with E-state index in [-0.39, 0.29) is 151 Å². The fraction of sp³-hybridized carbons (Fsp3) is 0.585. The summed E-state index contributed by atoms with van der Waals surface area (Å²) in [5.41, 5.74) is 13.2. The van der Waals surface area contributed by atoms with Crippen molar-refractivity contribution < 1.29 is 136 Å². The van der Waals surface area contributed by atoms with Crippen LogP contribution < -0.4 is 0 Å². The van der Waals surface area contributed by atoms with Crippen molar-refractivity contribution in [2.24, 2.45) is 35.5 Å². The lowest BCUT2D eigenvalue weighted by molar-refractivity contribution is -0.225. The first kappa shape index (κ1) is 114. The molecule has 766 valence electrons. The summed E-state index contributed by atoms with van der Waals surface area (Å²) in [6.07, 6.45) is 20.2. The van der Waals surface area contributed by atoms with Crippen LogP contribution in [0.25, 0.3) is 18.2 Å². The van der Waals surface area contributed by atoms with Crippen LogP contribution >= 0.6 is 75.4 Å². The summed E-state index contributed by atoms with van der Waals surface area (Å²) in [5.74, 6) is -2.24. The Morgan fingerprint density at radius 3 is 1.39 bits per heavy atom. The maximum Gasteiger partial charge on any atom is 0.412 e. The standard InChI is InChI=1S/2C34H43IO6.C32H43IO6.C6H7F6O5P/c2*1-21-16-27-11-7-13-31(36)41-33-23(3)30(40-32(24(33)4)22(2)20-35)12-6-9-25-8-5-10-26(18-25)34-37-15-14-28(39-34)19-29(17-21)38-27;1-20-15-26(11-13-34)37-28(16-20)18-27-12-14-36-32(38-27)25-9-5-7-24(17-25)8-6-10-29-22(3)30(35)23(4)31(39-29)21(2)19-33;7-5(8,9)2-16-18(15,1-4(13)14)17-3-6(10,11)12/h2*5-10,13,18,20,23-24,27-30,32-34H,1,11-12,14-17,19H2,2-4H3;5-9,13,17,19,22-23,26-32,35H,1,10-12,14-16,18H2,2-4H3;1-3H2,(H,13,14)/b9-6?,13-7+,22-20+;9-6+,13-7-,22-20+;8-6+,21-19+;/t2*23-,24-,27-,28-,29+,30+,32-,33-,34-;22-,23+,26-,27-,28+,29+,30-,31-,32-;/m000./s1. The molecule has 2 N–H and O–H groups in total. The average Bonchev–Trinajstić information content (AvgIpc) is 0.850. The number of carbonyl (C=O) groups excluding carboxylic acids is 3. The molecule has 11 heterocycles. The van der Waals surface area contributed by atoms with E-state index in [1.807, 2.05) is 40.5 Å². The summed E-state index contributed by atoms with van der Waals surface area (Å²) in [7, 11) is -5.01. The predicted molar refractivity (Wildman–Crippen MR) is 542 cm³/mol. The topological polar surface area (TPSA) is 273 Å². The Morgan fingerprint density at radius 2 is 0.921 bits per heavy atom. The molecule has 27 atom stereocenters. The number of carboxylic acid groups (broad SMARTS) is 1. The number of aliphatic hydroxyl groups excluding tert-OH is 1. The molecule has 139 heavy (non-hydrogen) atoms. The first-order valence-corrected chi connectivity index (χ1v) is 53.6. The monoisotopic (exact) mass is 2300 g/mol. The lowest BCUT2D eigenvalue weighted by Gasteiger charge is -2.44. The third-order valence-electron chi connectivity index (χ3n) is 27.0. The normalized spacial score (nSPS) is 34.6. The molecule has 3 aromatic rings. The second-order valence-corrected chi connectivity index (χ2v) is 42.3. The zero-order chi connectivity index (χ0) is 100. The summed E-state index contributed by atoms with van der Waals surface area (Å²) >= 11 is 6.76. The number of fused-ring (bicyclic) bond motifs is 18. The van der Waals surface area contributed by atoms with Crippen molar-refractivity contribution in [3.8, 4) is 0 Å². The fourth-order valence-electron chi connectivity index (χ4n) is 19.9. The molecule has 9 fully saturated rings. The Hall–Kier alpha value is -5.72. The van der Waals surface area contributed by atoms with E-state index in [2.05, 4.69) is 252 Å². The third kappa shape index (κ3) is 35.3. The van der Waals surface area contributed by atoms with E-state index >= 15 is 0 Å². The van der Waals surface area contributed by atoms with Gasteiger partial charge in [0.15, 0.2) is 32.1 Å². The number of halogens is 9. The number of carboxylic acids is 1. The zero-order valence-electron chi connectivity index (χ0n) is 80.5. The number of aliphatic hydroxyl groups is 1. The maximum atomic E-state index is 13.0. The summed E-state index contributed by atoms with van der Waals surface area (Å²) in [6, 6.07) is 24.9. The summed E-state index contributed by atoms with van der Waals surface area (Å²) in [6.45, 7) is 29.2. The highest BCUT2D eigenvalue weighted by Crippen LogP contribution is 2.51. The van der Waals surface area contributed by atoms with Crippen LogP contribution in [0.4, 0.5) is 26.3 Å². The highest BCUT2D eigenvalue weighted by Gasteiger charge is 2.48. The lowest BCUT2D eigenvalue weighted by Crippen LogP contribution is -2.50. The van der Waals surface area contributed by atoms with Gasteiger partial charge >= 0.3 is 37.9 Å². The number of ether oxygens (including phenoxy) is 14. The SMILES string of the molecule is C=C1C[C@@H]2C[C@@H]3CCO[C@@H](O3)c3cccc(c3)/C=C/C[C@H]3O[C@@H](/C(C)=C/I)[C@H](C)[C@@H](OC(=O)/C=C\C[C@@H](C1)O2)[C@H]3C.C=C1C[C@@H]2C[C@@H]3CCO[C@@H](O3)c3cccc(c3)C=CC[C@H]3O[C@@H](/C(C)=C/I)[C@H](C)[C@@H](OC(=O)/C=C/C[C@@H](C1)O2)[C@H]3C.C=C1C[C@H](C[C@@H]2CCO[C@H](c3cccc(/C=C/C[C@H]4O[C@@H](/C(C)=C/I)[C@H](C)[C@@H](O)[C@H]4C)c3)O2)O[C@@H](CC=O)C1.O=C(O)CP(=O)(OCC(F)(F)F)OCC(F)(F)F. The van der Waals surface area contributed by atoms with Gasteiger partial charge in [-0.05, 0) is 175 Å². The second-order valence-electron chi connectivity index (χ2n) is 38.4. The van der Waals surface area contributed by atoms with Gasteiger partial charge in [0.1, 0.15) is 24.7 Å². The molecule has 0 saturated carbocycles. The minimum Gasteiger partial charge on any atom is -0.481 e. The largest absolute Gasteiger partial charge is 0.481 e. The molecule has 11 aliphatic rings. The molecule has 9 saturated heterocycles. The molecule has 0 spiro atoms. The fourth-order valence-corrected chi connectivity index (χ4v) is 22.2. The number of carbonyl (C=O) groups is 4. The van der Waals surface area contributed by atoms with Crippen LogP contribution in [-0.2, 0) is 99.1 Å². The predicted octanol–water partition coefficient (Wildman–Crippen LogP) is 24.4. The first-order chi connectivity index (χ1) is 66.2. The third-order valence-corrected chi connectivity index (χ3v) is 31.7. The van der Waals surface area contributed by atoms with Crippen LogP contribution in [0.5, 0.6) is 0 Å². The molecular formula is C106H136F6I3O23P. The van der Waals surface area contributed by atoms with E-state index in [9.17, 15) is 55.2 Å². The average molecular weight is 2300 g/mol. The van der Waals surface area contributed by atoms with Crippen molar-refractivity contribution in [1.29, 1.82) is 0 Å². The van der Waals surface area contributed by atoms with Gasteiger partial charge in [-0.2, -0.15) is 26.3 Å². The molecule has 0 amide bonds. The molecule has 0 unspecified atom stereocenters. The smallest absolute Gasteiger partial charge is 0.412 e. The highest BCUT2D eigenvalue weighted by molar-refractivity contribution is 14.1. The number of aliphatic carboxylic acids is 1. The number of rotatable bonds is 17. The zero-order valence-corrected chi connectivity index (χ0v) is 87.9. The minimum absolute atomic E-state index is 0.0102. The first-order valence-electron chi connectivity index (χ1n) is 48.2. The van der Waals surface area contributed by atoms with Crippen LogP contribution in [0.15, 0.2) is 181 Å². The van der Waals surface area contributed by atoms with Gasteiger partial charge in [-0.15, -0.1) is 0 Å². The van der Waals surface area contributed by atoms with E-state index in [4.69, 9.17) is 71.4 Å². The molecular weight excluding hydrogens is 2170 g/mol. The molecule has 11 aliphatic heterocycles. The van der Waals surface area contributed by atoms with Gasteiger partial charge in [-0.25, -0.2) is 9.59 Å². The maximum absolute atomic E-state index is 13.0. The van der Waals surface area contributed by atoms with Crippen molar-refractivity contribution in [3.63, 3.8) is 0 Å². The van der Waals surface area contributed by atoms with Gasteiger partial charge in [0.25, 0.3) is 0 Å². The van der Waals surface area contributed by atoms with Crippen LogP contribution in [0.2, 0.25) is 0 Å². The lowest BCUT2D eigenvalue weighted by atomic mass is 9.79. The summed E-state index contributed by atoms with van der Waals surface area (Å²) < 4.78 is 183. The van der Waals surface area contributed by atoms with E-state index in [1.54, 1.807) is 12.2 Å². The Labute approximate surface area is 854 Å². The molecule has 0 aliphatic carbocycles. The quantitative estimate of drug-likeness (QED) is 0.0317. The van der Waals surface area contributed by atoms with Crippen molar-refractivity contribution in [2.45, 2.75) is 319 Å². The van der Waals surface area contributed by atoms with Crippen molar-refractivity contribution in [1.82, 2.24) is 0 Å². The summed E-state index contributed by atoms with van der Waals surface area (Å²) in [5, 5.41) is 19.0. The number of benzene rings is 3. The Bertz CT molecular complexity index is 4680. The van der Waals surface area contributed by atoms with E-state index in [0.29, 0.717) is 39.1 Å². The van der Waals surface area contributed by atoms with Gasteiger partial charge in [0.2, 0.25) is 0 Å².